The number of aromatic nitrogens is 2. The largest absolute Gasteiger partial charge is 0.390 e. The molecule has 0 aliphatic heterocycles. The van der Waals surface area contributed by atoms with Crippen molar-refractivity contribution < 1.29 is 19.1 Å². The number of amides is 2. The Bertz CT molecular complexity index is 703. The number of imidazole rings is 1. The zero-order valence-corrected chi connectivity index (χ0v) is 12.8. The predicted molar refractivity (Wildman–Crippen MR) is 83.1 cm³/mol. The van der Waals surface area contributed by atoms with Gasteiger partial charge >= 0.3 is 0 Å². The van der Waals surface area contributed by atoms with Crippen molar-refractivity contribution in [1.82, 2.24) is 9.55 Å². The number of anilines is 1. The van der Waals surface area contributed by atoms with E-state index >= 15 is 0 Å². The summed E-state index contributed by atoms with van der Waals surface area (Å²) in [6.45, 7) is -0.416. The molecule has 2 amide bonds. The van der Waals surface area contributed by atoms with Crippen LogP contribution in [0.2, 0.25) is 0 Å². The summed E-state index contributed by atoms with van der Waals surface area (Å²) in [6, 6.07) is 5.40. The molecule has 9 heteroatoms. The average molecular weight is 338 g/mol. The van der Waals surface area contributed by atoms with E-state index in [0.29, 0.717) is 16.5 Å². The lowest BCUT2D eigenvalue weighted by Crippen LogP contribution is -2.21. The second-order valence-electron chi connectivity index (χ2n) is 4.59. The maximum Gasteiger partial charge on any atom is 0.237 e. The monoisotopic (exact) mass is 338 g/mol. The minimum absolute atomic E-state index is 0.0397. The van der Waals surface area contributed by atoms with Crippen molar-refractivity contribution in [1.29, 1.82) is 0 Å². The number of nitrogens with two attached hydrogens (primary N) is 1. The first-order valence-corrected chi connectivity index (χ1v) is 7.60. The zero-order valence-electron chi connectivity index (χ0n) is 12.0. The maximum absolute atomic E-state index is 12.8. The van der Waals surface area contributed by atoms with Gasteiger partial charge in [-0.2, -0.15) is 0 Å². The summed E-state index contributed by atoms with van der Waals surface area (Å²) in [5.41, 5.74) is 6.07. The predicted octanol–water partition coefficient (Wildman–Crippen LogP) is 0.731. The Balaban J connectivity index is 1.97. The highest BCUT2D eigenvalue weighted by Crippen LogP contribution is 2.19. The van der Waals surface area contributed by atoms with Crippen LogP contribution in [-0.4, -0.2) is 32.2 Å². The number of rotatable bonds is 7. The van der Waals surface area contributed by atoms with Crippen molar-refractivity contribution in [3.05, 3.63) is 42.0 Å². The van der Waals surface area contributed by atoms with Gasteiger partial charge in [0, 0.05) is 5.69 Å². The molecular weight excluding hydrogens is 323 g/mol. The molecule has 0 unspecified atom stereocenters. The van der Waals surface area contributed by atoms with Gasteiger partial charge in [0.15, 0.2) is 5.16 Å². The van der Waals surface area contributed by atoms with E-state index in [9.17, 15) is 19.1 Å². The number of hydrogen-bond donors (Lipinski definition) is 3. The van der Waals surface area contributed by atoms with Gasteiger partial charge < -0.3 is 20.7 Å². The van der Waals surface area contributed by atoms with E-state index in [-0.39, 0.29) is 30.6 Å². The van der Waals surface area contributed by atoms with Crippen LogP contribution >= 0.6 is 11.8 Å². The molecule has 0 radical (unpaired) electrons. The van der Waals surface area contributed by atoms with E-state index in [0.717, 1.165) is 11.8 Å². The summed E-state index contributed by atoms with van der Waals surface area (Å²) in [6.07, 6.45) is 1.42. The van der Waals surface area contributed by atoms with Crippen LogP contribution in [0.3, 0.4) is 0 Å². The number of aliphatic hydroxyl groups excluding tert-OH is 1. The Morgan fingerprint density at radius 1 is 1.35 bits per heavy atom. The quantitative estimate of drug-likeness (QED) is 0.645. The van der Waals surface area contributed by atoms with Crippen LogP contribution in [0.15, 0.2) is 35.6 Å². The molecule has 122 valence electrons. The van der Waals surface area contributed by atoms with Crippen molar-refractivity contribution >= 4 is 29.3 Å². The van der Waals surface area contributed by atoms with Crippen LogP contribution in [0.4, 0.5) is 10.1 Å². The van der Waals surface area contributed by atoms with E-state index < -0.39 is 5.91 Å². The highest BCUT2D eigenvalue weighted by molar-refractivity contribution is 7.99. The molecule has 0 aliphatic carbocycles. The fraction of sp³-hybridized carbons (Fsp3) is 0.214. The molecule has 4 N–H and O–H groups in total. The minimum atomic E-state index is -0.574. The fourth-order valence-corrected chi connectivity index (χ4v) is 2.62. The SMILES string of the molecule is NC(=O)Cn1c(CO)cnc1SCC(=O)Nc1ccc(F)cc1. The summed E-state index contributed by atoms with van der Waals surface area (Å²) < 4.78 is 14.2. The lowest BCUT2D eigenvalue weighted by atomic mass is 10.3. The summed E-state index contributed by atoms with van der Waals surface area (Å²) in [7, 11) is 0. The number of benzene rings is 1. The molecule has 0 aliphatic rings. The molecule has 0 saturated heterocycles. The van der Waals surface area contributed by atoms with Crippen molar-refractivity contribution in [2.24, 2.45) is 5.73 Å². The van der Waals surface area contributed by atoms with Gasteiger partial charge in [-0.3, -0.25) is 9.59 Å². The van der Waals surface area contributed by atoms with Gasteiger partial charge in [0.1, 0.15) is 12.4 Å². The molecular formula is C14H15FN4O3S. The van der Waals surface area contributed by atoms with Gasteiger partial charge in [-0.15, -0.1) is 0 Å². The summed E-state index contributed by atoms with van der Waals surface area (Å²) >= 11 is 1.10. The molecule has 7 nitrogen and oxygen atoms in total. The number of halogens is 1. The van der Waals surface area contributed by atoms with E-state index in [4.69, 9.17) is 5.73 Å². The van der Waals surface area contributed by atoms with Crippen LogP contribution in [-0.2, 0) is 22.7 Å². The Hall–Kier alpha value is -2.39. The van der Waals surface area contributed by atoms with E-state index in [2.05, 4.69) is 10.3 Å². The Kier molecular flexibility index (Phi) is 5.72. The van der Waals surface area contributed by atoms with Crippen molar-refractivity contribution in [3.63, 3.8) is 0 Å². The van der Waals surface area contributed by atoms with Crippen LogP contribution in [0.25, 0.3) is 0 Å². The van der Waals surface area contributed by atoms with Crippen LogP contribution in [0.1, 0.15) is 5.69 Å². The second-order valence-corrected chi connectivity index (χ2v) is 5.53. The van der Waals surface area contributed by atoms with Crippen LogP contribution < -0.4 is 11.1 Å². The molecule has 0 bridgehead atoms. The molecule has 0 spiro atoms. The number of nitrogens with zero attached hydrogens (tertiary/aromatic N) is 2. The van der Waals surface area contributed by atoms with Gasteiger partial charge in [-0.1, -0.05) is 11.8 Å². The molecule has 0 atom stereocenters. The molecule has 2 aromatic rings. The number of primary amides is 1. The maximum atomic E-state index is 12.8. The van der Waals surface area contributed by atoms with Gasteiger partial charge in [0.05, 0.1) is 24.3 Å². The summed E-state index contributed by atoms with van der Waals surface area (Å²) in [5.74, 6) is -1.23. The molecule has 0 fully saturated rings. The molecule has 23 heavy (non-hydrogen) atoms. The Labute approximate surface area is 135 Å². The number of hydrogen-bond acceptors (Lipinski definition) is 5. The molecule has 2 rings (SSSR count). The van der Waals surface area contributed by atoms with E-state index in [1.54, 1.807) is 0 Å². The Morgan fingerprint density at radius 2 is 2.04 bits per heavy atom. The normalized spacial score (nSPS) is 10.5. The number of thioether (sulfide) groups is 1. The average Bonchev–Trinajstić information content (AvgIpc) is 2.89. The first-order valence-electron chi connectivity index (χ1n) is 6.61. The van der Waals surface area contributed by atoms with Crippen molar-refractivity contribution in [2.75, 3.05) is 11.1 Å². The summed E-state index contributed by atoms with van der Waals surface area (Å²) in [4.78, 5) is 27.0. The lowest BCUT2D eigenvalue weighted by Gasteiger charge is -2.08. The lowest BCUT2D eigenvalue weighted by molar-refractivity contribution is -0.118. The number of carbonyl (C=O) groups excluding carboxylic acids is 2. The third-order valence-corrected chi connectivity index (χ3v) is 3.83. The van der Waals surface area contributed by atoms with Crippen LogP contribution in [0, 0.1) is 5.82 Å². The van der Waals surface area contributed by atoms with Gasteiger partial charge in [-0.05, 0) is 24.3 Å². The number of nitrogens with one attached hydrogen (secondary N) is 1. The molecule has 0 saturated carbocycles. The highest BCUT2D eigenvalue weighted by atomic mass is 32.2. The standard InChI is InChI=1S/C14H15FN4O3S/c15-9-1-3-10(4-2-9)18-13(22)8-23-14-17-5-11(7-20)19(14)6-12(16)21/h1-5,20H,6-8H2,(H2,16,21)(H,18,22). The Morgan fingerprint density at radius 3 is 2.65 bits per heavy atom. The number of carbonyl (C=O) groups is 2. The van der Waals surface area contributed by atoms with Gasteiger partial charge in [-0.25, -0.2) is 9.37 Å². The number of aliphatic hydroxyl groups is 1. The molecule has 1 heterocycles. The van der Waals surface area contributed by atoms with Gasteiger partial charge in [0.25, 0.3) is 0 Å². The molecule has 1 aromatic carbocycles. The highest BCUT2D eigenvalue weighted by Gasteiger charge is 2.13. The van der Waals surface area contributed by atoms with E-state index in [1.807, 2.05) is 0 Å². The van der Waals surface area contributed by atoms with Crippen molar-refractivity contribution in [2.45, 2.75) is 18.3 Å². The second kappa shape index (κ2) is 7.75. The third-order valence-electron chi connectivity index (χ3n) is 2.84. The smallest absolute Gasteiger partial charge is 0.237 e. The van der Waals surface area contributed by atoms with Gasteiger partial charge in [0.2, 0.25) is 11.8 Å². The topological polar surface area (TPSA) is 110 Å². The van der Waals surface area contributed by atoms with Crippen LogP contribution in [0.5, 0.6) is 0 Å². The first kappa shape index (κ1) is 17.0. The minimum Gasteiger partial charge on any atom is -0.390 e. The van der Waals surface area contributed by atoms with E-state index in [1.165, 1.54) is 35.0 Å². The molecule has 1 aromatic heterocycles. The first-order chi connectivity index (χ1) is 11.0. The third kappa shape index (κ3) is 4.80. The zero-order chi connectivity index (χ0) is 16.8. The fourth-order valence-electron chi connectivity index (χ4n) is 1.82. The van der Waals surface area contributed by atoms with Crippen molar-refractivity contribution in [3.8, 4) is 0 Å². The summed E-state index contributed by atoms with van der Waals surface area (Å²) in [5, 5.41) is 12.2.